The average Bonchev–Trinajstić information content (AvgIpc) is 3.00. The molecular formula is C19H16F3N3O. The summed E-state index contributed by atoms with van der Waals surface area (Å²) in [6.45, 7) is 0.325. The van der Waals surface area contributed by atoms with E-state index >= 15 is 0 Å². The zero-order valence-corrected chi connectivity index (χ0v) is 13.8. The maximum absolute atomic E-state index is 13.2. The third-order valence-corrected chi connectivity index (χ3v) is 4.62. The molecule has 0 atom stereocenters. The number of halogens is 3. The number of hydrogen-bond acceptors (Lipinski definition) is 2. The van der Waals surface area contributed by atoms with Crippen molar-refractivity contribution in [2.75, 3.05) is 11.4 Å². The summed E-state index contributed by atoms with van der Waals surface area (Å²) < 4.78 is 40.9. The molecule has 0 radical (unpaired) electrons. The van der Waals surface area contributed by atoms with Gasteiger partial charge in [-0.05, 0) is 30.5 Å². The second-order valence-corrected chi connectivity index (χ2v) is 6.30. The minimum Gasteiger partial charge on any atom is -0.311 e. The second-order valence-electron chi connectivity index (χ2n) is 6.30. The number of para-hydroxylation sites is 2. The fourth-order valence-corrected chi connectivity index (χ4v) is 3.46. The lowest BCUT2D eigenvalue weighted by atomic mass is 10.0. The molecule has 1 aromatic heterocycles. The number of nitrogens with zero attached hydrogens (tertiary/aromatic N) is 3. The van der Waals surface area contributed by atoms with Crippen LogP contribution in [0, 0.1) is 0 Å². The molecular weight excluding hydrogens is 343 g/mol. The molecule has 0 aliphatic carbocycles. The number of carbonyl (C=O) groups is 1. The monoisotopic (exact) mass is 359 g/mol. The molecule has 0 spiro atoms. The summed E-state index contributed by atoms with van der Waals surface area (Å²) in [6, 6.07) is 13.7. The first-order chi connectivity index (χ1) is 12.4. The maximum Gasteiger partial charge on any atom is 0.435 e. The molecule has 3 aromatic rings. The van der Waals surface area contributed by atoms with Crippen LogP contribution in [0.3, 0.4) is 0 Å². The lowest BCUT2D eigenvalue weighted by molar-refractivity contribution is -0.140. The van der Waals surface area contributed by atoms with E-state index in [9.17, 15) is 18.0 Å². The number of benzene rings is 2. The summed E-state index contributed by atoms with van der Waals surface area (Å²) in [4.78, 5) is 14.5. The van der Waals surface area contributed by atoms with E-state index in [0.29, 0.717) is 12.1 Å². The molecule has 0 saturated heterocycles. The zero-order chi connectivity index (χ0) is 18.3. The Kier molecular flexibility index (Phi) is 3.94. The van der Waals surface area contributed by atoms with Crippen molar-refractivity contribution in [1.82, 2.24) is 9.78 Å². The Bertz CT molecular complexity index is 978. The van der Waals surface area contributed by atoms with Gasteiger partial charge in [-0.15, -0.1) is 0 Å². The first kappa shape index (κ1) is 16.6. The van der Waals surface area contributed by atoms with E-state index < -0.39 is 11.9 Å². The quantitative estimate of drug-likeness (QED) is 0.693. The van der Waals surface area contributed by atoms with Gasteiger partial charge in [-0.1, -0.05) is 36.4 Å². The van der Waals surface area contributed by atoms with Gasteiger partial charge in [-0.2, -0.15) is 18.3 Å². The summed E-state index contributed by atoms with van der Waals surface area (Å²) in [5, 5.41) is 3.70. The van der Waals surface area contributed by atoms with Crippen molar-refractivity contribution < 1.29 is 18.0 Å². The van der Waals surface area contributed by atoms with Crippen LogP contribution in [0.2, 0.25) is 0 Å². The average molecular weight is 359 g/mol. The molecule has 0 saturated carbocycles. The standard InChI is InChI=1S/C19H16F3N3O/c20-19(21,22)18-14-8-2-4-10-16(14)25(23-18)12-17(26)24-11-5-7-13-6-1-3-9-15(13)24/h1-4,6,8-10H,5,7,11-12H2. The lowest BCUT2D eigenvalue weighted by Gasteiger charge is -2.29. The Hall–Kier alpha value is -2.83. The second kappa shape index (κ2) is 6.16. The van der Waals surface area contributed by atoms with Crippen molar-refractivity contribution in [3.8, 4) is 0 Å². The van der Waals surface area contributed by atoms with E-state index in [-0.39, 0.29) is 17.8 Å². The molecule has 7 heteroatoms. The summed E-state index contributed by atoms with van der Waals surface area (Å²) >= 11 is 0. The van der Waals surface area contributed by atoms with Crippen molar-refractivity contribution in [3.05, 3.63) is 59.8 Å². The normalized spacial score (nSPS) is 14.5. The van der Waals surface area contributed by atoms with Gasteiger partial charge in [0.1, 0.15) is 6.54 Å². The van der Waals surface area contributed by atoms with Crippen LogP contribution < -0.4 is 4.90 Å². The molecule has 2 heterocycles. The number of aryl methyl sites for hydroxylation is 1. The van der Waals surface area contributed by atoms with Crippen LogP contribution in [0.15, 0.2) is 48.5 Å². The minimum absolute atomic E-state index is 0.00634. The molecule has 0 N–H and O–H groups in total. The third kappa shape index (κ3) is 2.83. The van der Waals surface area contributed by atoms with Gasteiger partial charge in [-0.25, -0.2) is 0 Å². The minimum atomic E-state index is -4.56. The highest BCUT2D eigenvalue weighted by Crippen LogP contribution is 2.34. The van der Waals surface area contributed by atoms with Crippen molar-refractivity contribution >= 4 is 22.5 Å². The molecule has 4 rings (SSSR count). The molecule has 2 aromatic carbocycles. The predicted molar refractivity (Wildman–Crippen MR) is 91.9 cm³/mol. The zero-order valence-electron chi connectivity index (χ0n) is 13.8. The molecule has 1 aliphatic heterocycles. The number of aromatic nitrogens is 2. The van der Waals surface area contributed by atoms with E-state index in [1.807, 2.05) is 24.3 Å². The van der Waals surface area contributed by atoms with E-state index in [2.05, 4.69) is 5.10 Å². The first-order valence-electron chi connectivity index (χ1n) is 8.36. The highest BCUT2D eigenvalue weighted by molar-refractivity contribution is 5.95. The Morgan fingerprint density at radius 2 is 1.81 bits per heavy atom. The molecule has 0 unspecified atom stereocenters. The largest absolute Gasteiger partial charge is 0.435 e. The van der Waals surface area contributed by atoms with Gasteiger partial charge in [0.15, 0.2) is 5.69 Å². The van der Waals surface area contributed by atoms with Gasteiger partial charge < -0.3 is 4.90 Å². The molecule has 0 fully saturated rings. The lowest BCUT2D eigenvalue weighted by Crippen LogP contribution is -2.38. The molecule has 1 aliphatic rings. The van der Waals surface area contributed by atoms with Crippen LogP contribution in [0.25, 0.3) is 10.9 Å². The molecule has 1 amide bonds. The molecule has 4 nitrogen and oxygen atoms in total. The van der Waals surface area contributed by atoms with Crippen LogP contribution in [0.4, 0.5) is 18.9 Å². The summed E-state index contributed by atoms with van der Waals surface area (Å²) in [6.07, 6.45) is -2.84. The molecule has 134 valence electrons. The Morgan fingerprint density at radius 1 is 1.08 bits per heavy atom. The number of hydrogen-bond donors (Lipinski definition) is 0. The van der Waals surface area contributed by atoms with E-state index in [1.54, 1.807) is 17.0 Å². The number of alkyl halides is 3. The number of fused-ring (bicyclic) bond motifs is 2. The molecule has 26 heavy (non-hydrogen) atoms. The highest BCUT2D eigenvalue weighted by atomic mass is 19.4. The highest BCUT2D eigenvalue weighted by Gasteiger charge is 2.37. The van der Waals surface area contributed by atoms with Gasteiger partial charge in [0.2, 0.25) is 5.91 Å². The summed E-state index contributed by atoms with van der Waals surface area (Å²) in [5.74, 6) is -0.265. The van der Waals surface area contributed by atoms with Crippen LogP contribution in [-0.2, 0) is 23.9 Å². The number of anilines is 1. The van der Waals surface area contributed by atoms with Crippen LogP contribution in [0.1, 0.15) is 17.7 Å². The van der Waals surface area contributed by atoms with Gasteiger partial charge in [0.05, 0.1) is 5.52 Å². The van der Waals surface area contributed by atoms with Crippen LogP contribution in [0.5, 0.6) is 0 Å². The Balaban J connectivity index is 1.69. The van der Waals surface area contributed by atoms with E-state index in [4.69, 9.17) is 0 Å². The van der Waals surface area contributed by atoms with Crippen molar-refractivity contribution in [1.29, 1.82) is 0 Å². The number of carbonyl (C=O) groups excluding carboxylic acids is 1. The maximum atomic E-state index is 13.2. The van der Waals surface area contributed by atoms with Crippen LogP contribution >= 0.6 is 0 Å². The number of rotatable bonds is 2. The summed E-state index contributed by atoms with van der Waals surface area (Å²) in [7, 11) is 0. The fourth-order valence-electron chi connectivity index (χ4n) is 3.46. The Morgan fingerprint density at radius 3 is 2.62 bits per heavy atom. The third-order valence-electron chi connectivity index (χ3n) is 4.62. The predicted octanol–water partition coefficient (Wildman–Crippen LogP) is 4.03. The smallest absolute Gasteiger partial charge is 0.311 e. The van der Waals surface area contributed by atoms with Crippen molar-refractivity contribution in [2.45, 2.75) is 25.6 Å². The first-order valence-corrected chi connectivity index (χ1v) is 8.36. The van der Waals surface area contributed by atoms with E-state index in [0.717, 1.165) is 28.8 Å². The van der Waals surface area contributed by atoms with Crippen LogP contribution in [-0.4, -0.2) is 22.2 Å². The fraction of sp³-hybridized carbons (Fsp3) is 0.263. The molecule has 0 bridgehead atoms. The van der Waals surface area contributed by atoms with Gasteiger partial charge in [0, 0.05) is 17.6 Å². The Labute approximate surface area is 147 Å². The van der Waals surface area contributed by atoms with Crippen molar-refractivity contribution in [3.63, 3.8) is 0 Å². The van der Waals surface area contributed by atoms with Gasteiger partial charge in [-0.3, -0.25) is 9.48 Å². The van der Waals surface area contributed by atoms with Crippen molar-refractivity contribution in [2.24, 2.45) is 0 Å². The van der Waals surface area contributed by atoms with Gasteiger partial charge in [0.25, 0.3) is 0 Å². The van der Waals surface area contributed by atoms with Gasteiger partial charge >= 0.3 is 6.18 Å². The summed E-state index contributed by atoms with van der Waals surface area (Å²) in [5.41, 5.74) is 1.25. The SMILES string of the molecule is O=C(Cn1nc(C(F)(F)F)c2ccccc21)N1CCCc2ccccc21. The van der Waals surface area contributed by atoms with E-state index in [1.165, 1.54) is 12.1 Å². The topological polar surface area (TPSA) is 38.1 Å². The number of amides is 1.